The molecule has 1 aromatic heterocycles. The van der Waals surface area contributed by atoms with Crippen LogP contribution in [0.2, 0.25) is 0 Å². The summed E-state index contributed by atoms with van der Waals surface area (Å²) in [7, 11) is 1.46. The number of nitrogens with zero attached hydrogens (tertiary/aromatic N) is 3. The van der Waals surface area contributed by atoms with E-state index in [1.165, 1.54) is 11.6 Å². The predicted octanol–water partition coefficient (Wildman–Crippen LogP) is -0.203. The molecule has 9 nitrogen and oxygen atoms in total. The molecule has 0 aliphatic carbocycles. The van der Waals surface area contributed by atoms with E-state index in [1.807, 2.05) is 12.2 Å². The van der Waals surface area contributed by atoms with Crippen LogP contribution >= 0.6 is 0 Å². The number of carbonyl (C=O) groups is 2. The molecule has 1 aromatic carbocycles. The molecule has 2 heterocycles. The molecule has 1 atom stereocenters. The van der Waals surface area contributed by atoms with E-state index < -0.39 is 11.9 Å². The highest BCUT2D eigenvalue weighted by molar-refractivity contribution is 5.86. The number of allylic oxidation sites excluding steroid dienone is 3. The topological polar surface area (TPSA) is 121 Å². The summed E-state index contributed by atoms with van der Waals surface area (Å²) in [5, 5.41) is 11.4. The molecule has 1 unspecified atom stereocenters. The van der Waals surface area contributed by atoms with Gasteiger partial charge in [0.05, 0.1) is 12.2 Å². The molecular weight excluding hydrogens is 372 g/mol. The van der Waals surface area contributed by atoms with E-state index in [2.05, 4.69) is 37.7 Å². The first-order chi connectivity index (χ1) is 14.1. The Hall–Kier alpha value is -4.19. The number of nitrogens with one attached hydrogen (secondary N) is 3. The fraction of sp³-hybridized carbons (Fsp3) is 0.150. The summed E-state index contributed by atoms with van der Waals surface area (Å²) in [6, 6.07) is 5.94. The van der Waals surface area contributed by atoms with Gasteiger partial charge in [0.2, 0.25) is 6.41 Å². The molecule has 1 aliphatic rings. The minimum absolute atomic E-state index is 0.367. The maximum atomic E-state index is 12.3. The normalized spacial score (nSPS) is 13.5. The summed E-state index contributed by atoms with van der Waals surface area (Å²) in [6.07, 6.45) is 7.62. The largest absolute Gasteiger partial charge is 0.357 e. The van der Waals surface area contributed by atoms with Crippen molar-refractivity contribution in [2.45, 2.75) is 6.04 Å². The Balaban J connectivity index is 1.89. The van der Waals surface area contributed by atoms with Gasteiger partial charge in [-0.1, -0.05) is 17.9 Å². The van der Waals surface area contributed by atoms with E-state index >= 15 is 0 Å². The molecule has 29 heavy (non-hydrogen) atoms. The van der Waals surface area contributed by atoms with Crippen LogP contribution in [0.1, 0.15) is 11.4 Å². The first kappa shape index (κ1) is 19.6. The van der Waals surface area contributed by atoms with Crippen LogP contribution < -0.4 is 16.3 Å². The molecule has 3 rings (SSSR count). The molecule has 1 aliphatic heterocycles. The van der Waals surface area contributed by atoms with E-state index in [1.54, 1.807) is 36.6 Å². The van der Waals surface area contributed by atoms with Crippen LogP contribution in [-0.4, -0.2) is 52.9 Å². The molecular formula is C20H18N6O3. The molecule has 0 saturated carbocycles. The maximum Gasteiger partial charge on any atom is 0.348 e. The van der Waals surface area contributed by atoms with Gasteiger partial charge in [0.1, 0.15) is 0 Å². The molecule has 0 radical (unpaired) electrons. The highest BCUT2D eigenvalue weighted by atomic mass is 16.2. The standard InChI is InChI=1S/C20H18N6O3/c1-21-19(28)17(23-13-27)9-6-14-4-7-16(8-5-14)26-18(24-25-20(26)29)15-3-2-11-22-12-10-15/h2-5,7-8,10-11,13,17H,12H2,1H3,(H,21,28)(H,23,27)(H,25,29). The number of aliphatic imine (C=N–C) groups is 1. The van der Waals surface area contributed by atoms with Crippen molar-refractivity contribution in [3.05, 3.63) is 64.4 Å². The van der Waals surface area contributed by atoms with Crippen molar-refractivity contribution in [2.24, 2.45) is 4.99 Å². The van der Waals surface area contributed by atoms with Gasteiger partial charge in [0.15, 0.2) is 11.9 Å². The number of benzene rings is 1. The van der Waals surface area contributed by atoms with E-state index in [4.69, 9.17) is 0 Å². The van der Waals surface area contributed by atoms with Gasteiger partial charge < -0.3 is 10.6 Å². The Morgan fingerprint density at radius 1 is 1.34 bits per heavy atom. The number of aromatic amines is 1. The number of amides is 2. The van der Waals surface area contributed by atoms with Crippen LogP contribution in [0, 0.1) is 11.8 Å². The van der Waals surface area contributed by atoms with Crippen LogP contribution in [0.25, 0.3) is 11.3 Å². The zero-order valence-corrected chi connectivity index (χ0v) is 15.5. The lowest BCUT2D eigenvalue weighted by molar-refractivity contribution is -0.123. The van der Waals surface area contributed by atoms with Crippen LogP contribution in [0.15, 0.2) is 52.3 Å². The van der Waals surface area contributed by atoms with Crippen molar-refractivity contribution >= 4 is 24.1 Å². The zero-order chi connectivity index (χ0) is 20.6. The van der Waals surface area contributed by atoms with Gasteiger partial charge in [-0.05, 0) is 36.4 Å². The first-order valence-corrected chi connectivity index (χ1v) is 8.71. The summed E-state index contributed by atoms with van der Waals surface area (Å²) in [5.74, 6) is 5.60. The quantitative estimate of drug-likeness (QED) is 0.483. The predicted molar refractivity (Wildman–Crippen MR) is 109 cm³/mol. The van der Waals surface area contributed by atoms with Gasteiger partial charge in [-0.15, -0.1) is 0 Å². The number of rotatable bonds is 5. The first-order valence-electron chi connectivity index (χ1n) is 8.71. The molecule has 0 bridgehead atoms. The lowest BCUT2D eigenvalue weighted by Gasteiger charge is -2.07. The second-order valence-corrected chi connectivity index (χ2v) is 5.87. The lowest BCUT2D eigenvalue weighted by Crippen LogP contribution is -2.41. The van der Waals surface area contributed by atoms with Gasteiger partial charge in [-0.3, -0.25) is 14.6 Å². The van der Waals surface area contributed by atoms with Gasteiger partial charge in [0.25, 0.3) is 5.91 Å². The minimum Gasteiger partial charge on any atom is -0.357 e. The molecule has 0 saturated heterocycles. The van der Waals surface area contributed by atoms with E-state index in [0.29, 0.717) is 30.0 Å². The third-order valence-corrected chi connectivity index (χ3v) is 4.04. The highest BCUT2D eigenvalue weighted by Gasteiger charge is 2.14. The van der Waals surface area contributed by atoms with Crippen molar-refractivity contribution in [3.8, 4) is 17.5 Å². The van der Waals surface area contributed by atoms with Crippen molar-refractivity contribution in [2.75, 3.05) is 13.6 Å². The summed E-state index contributed by atoms with van der Waals surface area (Å²) in [4.78, 5) is 38.7. The van der Waals surface area contributed by atoms with Gasteiger partial charge in [0, 0.05) is 24.4 Å². The number of aromatic nitrogens is 3. The third kappa shape index (κ3) is 4.56. The number of likely N-dealkylation sites (N-methyl/N-ethyl adjacent to an activating group) is 1. The van der Waals surface area contributed by atoms with Crippen LogP contribution in [-0.2, 0) is 9.59 Å². The average molecular weight is 390 g/mol. The summed E-state index contributed by atoms with van der Waals surface area (Å²) >= 11 is 0. The van der Waals surface area contributed by atoms with Crippen molar-refractivity contribution < 1.29 is 9.59 Å². The third-order valence-electron chi connectivity index (χ3n) is 4.04. The summed E-state index contributed by atoms with van der Waals surface area (Å²) in [5.41, 5.74) is 1.64. The fourth-order valence-electron chi connectivity index (χ4n) is 2.63. The highest BCUT2D eigenvalue weighted by Crippen LogP contribution is 2.17. The van der Waals surface area contributed by atoms with Gasteiger partial charge in [-0.25, -0.2) is 14.5 Å². The van der Waals surface area contributed by atoms with Crippen LogP contribution in [0.5, 0.6) is 0 Å². The lowest BCUT2D eigenvalue weighted by atomic mass is 10.1. The second kappa shape index (κ2) is 9.14. The number of hydrogen-bond donors (Lipinski definition) is 3. The van der Waals surface area contributed by atoms with E-state index in [0.717, 1.165) is 5.57 Å². The second-order valence-electron chi connectivity index (χ2n) is 5.87. The average Bonchev–Trinajstić information content (AvgIpc) is 2.94. The maximum absolute atomic E-state index is 12.3. The Morgan fingerprint density at radius 3 is 2.86 bits per heavy atom. The molecule has 146 valence electrons. The number of H-pyrrole nitrogens is 1. The molecule has 0 fully saturated rings. The monoisotopic (exact) mass is 390 g/mol. The molecule has 2 amide bonds. The van der Waals surface area contributed by atoms with Gasteiger partial charge in [-0.2, -0.15) is 5.10 Å². The summed E-state index contributed by atoms with van der Waals surface area (Å²) < 4.78 is 1.46. The Kier molecular flexibility index (Phi) is 6.17. The molecule has 2 aromatic rings. The van der Waals surface area contributed by atoms with Crippen molar-refractivity contribution in [1.29, 1.82) is 0 Å². The fourth-order valence-corrected chi connectivity index (χ4v) is 2.63. The Labute approximate surface area is 166 Å². The molecule has 0 spiro atoms. The van der Waals surface area contributed by atoms with Gasteiger partial charge >= 0.3 is 5.69 Å². The molecule has 9 heteroatoms. The Morgan fingerprint density at radius 2 is 2.14 bits per heavy atom. The van der Waals surface area contributed by atoms with Crippen molar-refractivity contribution in [3.63, 3.8) is 0 Å². The van der Waals surface area contributed by atoms with E-state index in [9.17, 15) is 14.4 Å². The minimum atomic E-state index is -0.948. The SMILES string of the molecule is CNC(=O)C(C#Cc1ccc(-n2c(C3=CCN=CC=C3)n[nH]c2=O)cc1)NC=O. The van der Waals surface area contributed by atoms with Crippen molar-refractivity contribution in [1.82, 2.24) is 25.4 Å². The number of hydrogen-bond acceptors (Lipinski definition) is 5. The zero-order valence-electron chi connectivity index (χ0n) is 15.5. The van der Waals surface area contributed by atoms with Crippen LogP contribution in [0.4, 0.5) is 0 Å². The molecule has 3 N–H and O–H groups in total. The summed E-state index contributed by atoms with van der Waals surface area (Å²) in [6.45, 7) is 0.499. The Bertz CT molecular complexity index is 1110. The van der Waals surface area contributed by atoms with Crippen LogP contribution in [0.3, 0.4) is 0 Å². The van der Waals surface area contributed by atoms with E-state index in [-0.39, 0.29) is 5.69 Å². The smallest absolute Gasteiger partial charge is 0.348 e. The number of carbonyl (C=O) groups excluding carboxylic acids is 2.